The summed E-state index contributed by atoms with van der Waals surface area (Å²) in [5.41, 5.74) is 3.07. The third-order valence-corrected chi connectivity index (χ3v) is 14.3. The molecule has 1 heterocycles. The third-order valence-electron chi connectivity index (χ3n) is 4.73. The summed E-state index contributed by atoms with van der Waals surface area (Å²) in [4.78, 5) is 0. The molecule has 0 saturated carbocycles. The Kier molecular flexibility index (Phi) is 5.39. The molecule has 0 amide bonds. The van der Waals surface area contributed by atoms with Crippen LogP contribution in [0.15, 0.2) is 81.4 Å². The first-order chi connectivity index (χ1) is 10.9. The van der Waals surface area contributed by atoms with Crippen molar-refractivity contribution in [3.63, 3.8) is 0 Å². The van der Waals surface area contributed by atoms with Gasteiger partial charge in [-0.3, -0.25) is 0 Å². The van der Waals surface area contributed by atoms with E-state index in [0.717, 1.165) is 0 Å². The largest absolute Gasteiger partial charge is 1.00 e. The Labute approximate surface area is 168 Å². The quantitative estimate of drug-likeness (QED) is 0.489. The minimum Gasteiger partial charge on any atom is -1.00 e. The fourth-order valence-electron chi connectivity index (χ4n) is 3.81. The summed E-state index contributed by atoms with van der Waals surface area (Å²) in [6, 6.07) is 20.3. The van der Waals surface area contributed by atoms with Gasteiger partial charge in [-0.15, -0.1) is 0 Å². The zero-order valence-corrected chi connectivity index (χ0v) is 17.8. The molecule has 2 aliphatic carbocycles. The van der Waals surface area contributed by atoms with Crippen molar-refractivity contribution in [3.8, 4) is 0 Å². The molecule has 0 bridgehead atoms. The van der Waals surface area contributed by atoms with Gasteiger partial charge in [0.25, 0.3) is 0 Å². The summed E-state index contributed by atoms with van der Waals surface area (Å²) in [6.07, 6.45) is 11.0. The molecule has 1 aliphatic heterocycles. The van der Waals surface area contributed by atoms with Crippen molar-refractivity contribution in [2.24, 2.45) is 0 Å². The summed E-state index contributed by atoms with van der Waals surface area (Å²) in [7, 11) is -0.271. The van der Waals surface area contributed by atoms with Crippen LogP contribution in [0.5, 0.6) is 0 Å². The number of rotatable bonds is 1. The Morgan fingerprint density at radius 2 is 1.62 bits per heavy atom. The van der Waals surface area contributed by atoms with E-state index in [1.165, 1.54) is 12.0 Å². The van der Waals surface area contributed by atoms with Crippen molar-refractivity contribution in [2.75, 3.05) is 0 Å². The Bertz CT molecular complexity index is 857. The fourth-order valence-corrected chi connectivity index (χ4v) is 14.8. The van der Waals surface area contributed by atoms with E-state index in [0.29, 0.717) is 2.86 Å². The number of halogens is 2. The Morgan fingerprint density at radius 1 is 0.875 bits per heavy atom. The van der Waals surface area contributed by atoms with Crippen LogP contribution in [0.25, 0.3) is 6.08 Å². The van der Waals surface area contributed by atoms with Crippen LogP contribution >= 0.6 is 7.92 Å². The van der Waals surface area contributed by atoms with Gasteiger partial charge in [0.05, 0.1) is 0 Å². The maximum atomic E-state index is 2.58. The second-order valence-corrected chi connectivity index (χ2v) is 13.4. The average molecular weight is 448 g/mol. The van der Waals surface area contributed by atoms with E-state index in [-0.39, 0.29) is 32.7 Å². The van der Waals surface area contributed by atoms with Crippen molar-refractivity contribution in [2.45, 2.75) is 9.28 Å². The molecule has 3 aliphatic rings. The van der Waals surface area contributed by atoms with Gasteiger partial charge < -0.3 is 24.8 Å². The van der Waals surface area contributed by atoms with Crippen LogP contribution < -0.4 is 30.1 Å². The molecule has 5 rings (SSSR count). The monoisotopic (exact) mass is 446 g/mol. The normalized spacial score (nSPS) is 24.8. The van der Waals surface area contributed by atoms with Crippen LogP contribution in [-0.4, -0.2) is 0 Å². The van der Waals surface area contributed by atoms with Gasteiger partial charge in [-0.2, -0.15) is 0 Å². The van der Waals surface area contributed by atoms with E-state index < -0.39 is 23.2 Å². The molecule has 1 spiro atoms. The van der Waals surface area contributed by atoms with Crippen molar-refractivity contribution in [1.29, 1.82) is 0 Å². The first kappa shape index (κ1) is 18.3. The van der Waals surface area contributed by atoms with E-state index in [1.54, 1.807) is 16.2 Å². The fraction of sp³-hybridized carbons (Fsp3) is 0.100. The predicted octanol–water partition coefficient (Wildman–Crippen LogP) is -1.05. The predicted molar refractivity (Wildman–Crippen MR) is 90.9 cm³/mol. The second kappa shape index (κ2) is 7.05. The number of allylic oxidation sites excluding steroid dienone is 5. The van der Waals surface area contributed by atoms with Crippen LogP contribution in [0.3, 0.4) is 0 Å². The third kappa shape index (κ3) is 2.57. The summed E-state index contributed by atoms with van der Waals surface area (Å²) in [6.45, 7) is 0. The summed E-state index contributed by atoms with van der Waals surface area (Å²) in [5.74, 6) is 0. The molecule has 0 aromatic heterocycles. The van der Waals surface area contributed by atoms with Crippen LogP contribution in [0.2, 0.25) is 0 Å². The maximum Gasteiger partial charge on any atom is -1.00 e. The summed E-state index contributed by atoms with van der Waals surface area (Å²) >= 11 is -0.634. The summed E-state index contributed by atoms with van der Waals surface area (Å²) < 4.78 is 2.20. The first-order valence-electron chi connectivity index (χ1n) is 7.70. The Morgan fingerprint density at radius 3 is 2.46 bits per heavy atom. The zero-order valence-electron chi connectivity index (χ0n) is 12.9. The molecule has 118 valence electrons. The number of hydrogen-bond acceptors (Lipinski definition) is 0. The molecule has 2 atom stereocenters. The number of benzene rings is 2. The van der Waals surface area contributed by atoms with Crippen LogP contribution in [0.1, 0.15) is 17.5 Å². The molecule has 0 nitrogen and oxygen atoms in total. The average Bonchev–Trinajstić information content (AvgIpc) is 3.23. The Balaban J connectivity index is 0.000000845. The van der Waals surface area contributed by atoms with Gasteiger partial charge in [-0.05, 0) is 0 Å². The Hall–Kier alpha value is -0.447. The standard InChI is InChI=1S/C20H15P.2ClH.Zr/c1-2-9-17(10-3-1)21(18-11-5-6-12-18)20-15-14-16-8-4-7-13-19(16)20;;;/h1-5,7-11,13-15H,6H2;2*1H;/q;;;+2/p-2. The molecule has 2 unspecified atom stereocenters. The molecule has 0 saturated heterocycles. The van der Waals surface area contributed by atoms with Gasteiger partial charge >= 0.3 is 144 Å². The van der Waals surface area contributed by atoms with E-state index >= 15 is 0 Å². The molecule has 24 heavy (non-hydrogen) atoms. The molecule has 4 heteroatoms. The SMILES string of the molecule is C1=CC2=[C](C1)[Zr+2][C]1(C=Cc3ccccc31)P2c1ccccc1.[Cl-].[Cl-]. The van der Waals surface area contributed by atoms with E-state index in [2.05, 4.69) is 78.9 Å². The van der Waals surface area contributed by atoms with Crippen LogP contribution in [0.4, 0.5) is 0 Å². The smallest absolute Gasteiger partial charge is 1.00 e. The van der Waals surface area contributed by atoms with Gasteiger partial charge in [-0.25, -0.2) is 0 Å². The number of hydrogen-bond donors (Lipinski definition) is 0. The van der Waals surface area contributed by atoms with E-state index in [9.17, 15) is 0 Å². The van der Waals surface area contributed by atoms with Gasteiger partial charge in [0.2, 0.25) is 0 Å². The zero-order chi connectivity index (χ0) is 14.6. The van der Waals surface area contributed by atoms with Gasteiger partial charge in [0.15, 0.2) is 0 Å². The molecular formula is C20H15Cl2PZr. The minimum atomic E-state index is -0.634. The first-order valence-corrected chi connectivity index (χ1v) is 11.5. The van der Waals surface area contributed by atoms with Crippen molar-refractivity contribution in [3.05, 3.63) is 92.5 Å². The van der Waals surface area contributed by atoms with E-state index in [4.69, 9.17) is 0 Å². The maximum absolute atomic E-state index is 2.58. The minimum absolute atomic E-state index is 0. The van der Waals surface area contributed by atoms with Gasteiger partial charge in [0, 0.05) is 0 Å². The molecular weight excluding hydrogens is 433 g/mol. The van der Waals surface area contributed by atoms with Crippen molar-refractivity contribution < 1.29 is 48.0 Å². The van der Waals surface area contributed by atoms with Gasteiger partial charge in [0.1, 0.15) is 0 Å². The van der Waals surface area contributed by atoms with Crippen LogP contribution in [-0.2, 0) is 26.1 Å². The number of fused-ring (bicyclic) bond motifs is 2. The van der Waals surface area contributed by atoms with Gasteiger partial charge in [-0.1, -0.05) is 0 Å². The summed E-state index contributed by atoms with van der Waals surface area (Å²) in [5, 5.41) is 3.26. The molecule has 0 radical (unpaired) electrons. The van der Waals surface area contributed by atoms with E-state index in [1.807, 2.05) is 3.28 Å². The topological polar surface area (TPSA) is 0 Å². The second-order valence-electron chi connectivity index (χ2n) is 5.95. The molecule has 0 fully saturated rings. The van der Waals surface area contributed by atoms with Crippen molar-refractivity contribution >= 4 is 19.3 Å². The molecule has 2 aromatic rings. The molecule has 2 aromatic carbocycles. The molecule has 0 N–H and O–H groups in total. The van der Waals surface area contributed by atoms with Crippen LogP contribution in [0, 0.1) is 0 Å². The van der Waals surface area contributed by atoms with Crippen molar-refractivity contribution in [1.82, 2.24) is 0 Å².